The zero-order valence-electron chi connectivity index (χ0n) is 14.8. The predicted molar refractivity (Wildman–Crippen MR) is 100 cm³/mol. The molecule has 0 unspecified atom stereocenters. The number of carbonyl (C=O) groups is 2. The van der Waals surface area contributed by atoms with Crippen LogP contribution in [0, 0.1) is 19.8 Å². The summed E-state index contributed by atoms with van der Waals surface area (Å²) in [5.41, 5.74) is 4.13. The molecule has 5 heteroatoms. The van der Waals surface area contributed by atoms with Gasteiger partial charge in [-0.05, 0) is 73.9 Å². The summed E-state index contributed by atoms with van der Waals surface area (Å²) in [4.78, 5) is 26.1. The number of benzene rings is 1. The van der Waals surface area contributed by atoms with E-state index in [0.717, 1.165) is 29.7 Å². The summed E-state index contributed by atoms with van der Waals surface area (Å²) in [6, 6.07) is 7.75. The Morgan fingerprint density at radius 3 is 2.64 bits per heavy atom. The Labute approximate surface area is 152 Å². The number of anilines is 1. The van der Waals surface area contributed by atoms with E-state index in [1.165, 1.54) is 28.2 Å². The average Bonchev–Trinajstić information content (AvgIpc) is 2.94. The first-order valence-electron chi connectivity index (χ1n) is 8.57. The number of aryl methyl sites for hydroxylation is 3. The monoisotopic (exact) mass is 357 g/mol. The van der Waals surface area contributed by atoms with E-state index in [9.17, 15) is 9.59 Å². The Bertz CT molecular complexity index is 789. The fraction of sp³-hybridized carbons (Fsp3) is 0.400. The number of fused-ring (bicyclic) bond motifs is 1. The minimum Gasteiger partial charge on any atom is -0.451 e. The van der Waals surface area contributed by atoms with Crippen molar-refractivity contribution >= 4 is 28.9 Å². The number of amides is 1. The van der Waals surface area contributed by atoms with Gasteiger partial charge in [0, 0.05) is 10.6 Å². The van der Waals surface area contributed by atoms with Crippen molar-refractivity contribution in [2.75, 3.05) is 11.9 Å². The van der Waals surface area contributed by atoms with Crippen LogP contribution in [0.1, 0.15) is 44.6 Å². The van der Waals surface area contributed by atoms with Crippen molar-refractivity contribution in [2.24, 2.45) is 5.92 Å². The first-order chi connectivity index (χ1) is 11.9. The van der Waals surface area contributed by atoms with Gasteiger partial charge in [0.25, 0.3) is 5.91 Å². The van der Waals surface area contributed by atoms with E-state index < -0.39 is 5.97 Å². The number of rotatable bonds is 4. The van der Waals surface area contributed by atoms with Gasteiger partial charge in [-0.25, -0.2) is 4.79 Å². The molecule has 132 valence electrons. The number of esters is 1. The summed E-state index contributed by atoms with van der Waals surface area (Å²) in [7, 11) is 0. The molecule has 1 aliphatic carbocycles. The summed E-state index contributed by atoms with van der Waals surface area (Å²) in [5, 5.41) is 2.77. The van der Waals surface area contributed by atoms with Crippen molar-refractivity contribution in [1.82, 2.24) is 0 Å². The Hall–Kier alpha value is -2.14. The molecule has 25 heavy (non-hydrogen) atoms. The Kier molecular flexibility index (Phi) is 5.23. The normalized spacial score (nSPS) is 16.2. The Morgan fingerprint density at radius 2 is 1.92 bits per heavy atom. The third kappa shape index (κ3) is 4.48. The molecule has 1 aliphatic rings. The third-order valence-electron chi connectivity index (χ3n) is 4.37. The van der Waals surface area contributed by atoms with Crippen LogP contribution in [0.4, 0.5) is 5.69 Å². The molecule has 0 radical (unpaired) electrons. The van der Waals surface area contributed by atoms with E-state index in [0.29, 0.717) is 10.8 Å². The minimum atomic E-state index is -0.414. The molecule has 4 nitrogen and oxygen atoms in total. The van der Waals surface area contributed by atoms with Crippen molar-refractivity contribution in [3.8, 4) is 0 Å². The maximum absolute atomic E-state index is 12.2. The second kappa shape index (κ2) is 7.40. The fourth-order valence-electron chi connectivity index (χ4n) is 3.25. The minimum absolute atomic E-state index is 0.273. The average molecular weight is 357 g/mol. The van der Waals surface area contributed by atoms with E-state index in [1.54, 1.807) is 0 Å². The highest BCUT2D eigenvalue weighted by molar-refractivity contribution is 7.14. The number of hydrogen-bond acceptors (Lipinski definition) is 4. The summed E-state index contributed by atoms with van der Waals surface area (Å²) < 4.78 is 5.19. The maximum Gasteiger partial charge on any atom is 0.348 e. The summed E-state index contributed by atoms with van der Waals surface area (Å²) >= 11 is 1.50. The van der Waals surface area contributed by atoms with Crippen LogP contribution >= 0.6 is 11.3 Å². The second-order valence-electron chi connectivity index (χ2n) is 6.91. The zero-order valence-corrected chi connectivity index (χ0v) is 15.7. The molecule has 0 fully saturated rings. The largest absolute Gasteiger partial charge is 0.451 e. The lowest BCUT2D eigenvalue weighted by atomic mass is 9.90. The highest BCUT2D eigenvalue weighted by Crippen LogP contribution is 2.32. The van der Waals surface area contributed by atoms with Crippen LogP contribution in [0.3, 0.4) is 0 Å². The standard InChI is InChI=1S/C20H23NO3S/c1-12-4-5-17-15(7-12)10-18(25-17)20(23)24-11-19(22)21-16-8-13(2)6-14(3)9-16/h6,8-10,12H,4-5,7,11H2,1-3H3,(H,21,22)/t12-/m0/s1. The molecule has 1 aromatic heterocycles. The van der Waals surface area contributed by atoms with Gasteiger partial charge in [0.2, 0.25) is 0 Å². The van der Waals surface area contributed by atoms with Crippen molar-refractivity contribution in [2.45, 2.75) is 40.0 Å². The zero-order chi connectivity index (χ0) is 18.0. The van der Waals surface area contributed by atoms with Crippen LogP contribution in [0.5, 0.6) is 0 Å². The molecule has 1 atom stereocenters. The van der Waals surface area contributed by atoms with Gasteiger partial charge in [-0.3, -0.25) is 4.79 Å². The van der Waals surface area contributed by atoms with Crippen LogP contribution in [-0.2, 0) is 22.4 Å². The molecule has 0 saturated heterocycles. The molecule has 1 amide bonds. The van der Waals surface area contributed by atoms with Crippen LogP contribution in [0.2, 0.25) is 0 Å². The first-order valence-corrected chi connectivity index (χ1v) is 9.39. The molecule has 0 saturated carbocycles. The molecule has 0 bridgehead atoms. The van der Waals surface area contributed by atoms with E-state index in [4.69, 9.17) is 4.74 Å². The molecule has 0 aliphatic heterocycles. The number of carbonyl (C=O) groups excluding carboxylic acids is 2. The fourth-order valence-corrected chi connectivity index (χ4v) is 4.35. The maximum atomic E-state index is 12.2. The van der Waals surface area contributed by atoms with E-state index in [-0.39, 0.29) is 12.5 Å². The van der Waals surface area contributed by atoms with Gasteiger partial charge in [0.05, 0.1) is 0 Å². The van der Waals surface area contributed by atoms with Crippen molar-refractivity contribution in [1.29, 1.82) is 0 Å². The number of nitrogens with one attached hydrogen (secondary N) is 1. The number of hydrogen-bond donors (Lipinski definition) is 1. The van der Waals surface area contributed by atoms with Gasteiger partial charge < -0.3 is 10.1 Å². The SMILES string of the molecule is Cc1cc(C)cc(NC(=O)COC(=O)c2cc3c(s2)CC[C@H](C)C3)c1. The molecule has 2 aromatic rings. The Balaban J connectivity index is 1.56. The topological polar surface area (TPSA) is 55.4 Å². The number of thiophene rings is 1. The molecule has 1 aromatic carbocycles. The van der Waals surface area contributed by atoms with Crippen molar-refractivity contribution in [3.63, 3.8) is 0 Å². The van der Waals surface area contributed by atoms with E-state index in [2.05, 4.69) is 12.2 Å². The van der Waals surface area contributed by atoms with Crippen molar-refractivity contribution in [3.05, 3.63) is 50.7 Å². The highest BCUT2D eigenvalue weighted by Gasteiger charge is 2.21. The third-order valence-corrected chi connectivity index (χ3v) is 5.59. The lowest BCUT2D eigenvalue weighted by Gasteiger charge is -2.16. The van der Waals surface area contributed by atoms with Crippen LogP contribution in [0.15, 0.2) is 24.3 Å². The Morgan fingerprint density at radius 1 is 1.20 bits per heavy atom. The second-order valence-corrected chi connectivity index (χ2v) is 8.04. The lowest BCUT2D eigenvalue weighted by molar-refractivity contribution is -0.119. The predicted octanol–water partition coefficient (Wildman–Crippen LogP) is 4.29. The molecule has 0 spiro atoms. The lowest BCUT2D eigenvalue weighted by Crippen LogP contribution is -2.20. The smallest absolute Gasteiger partial charge is 0.348 e. The van der Waals surface area contributed by atoms with Crippen molar-refractivity contribution < 1.29 is 14.3 Å². The molecular weight excluding hydrogens is 334 g/mol. The summed E-state index contributed by atoms with van der Waals surface area (Å²) in [6.45, 7) is 5.91. The molecule has 1 heterocycles. The van der Waals surface area contributed by atoms with Gasteiger partial charge in [0.1, 0.15) is 4.88 Å². The quantitative estimate of drug-likeness (QED) is 0.831. The molecule has 3 rings (SSSR count). The highest BCUT2D eigenvalue weighted by atomic mass is 32.1. The van der Waals surface area contributed by atoms with E-state index in [1.807, 2.05) is 38.1 Å². The molecule has 1 N–H and O–H groups in total. The van der Waals surface area contributed by atoms with Crippen LogP contribution in [-0.4, -0.2) is 18.5 Å². The van der Waals surface area contributed by atoms with Crippen LogP contribution in [0.25, 0.3) is 0 Å². The van der Waals surface area contributed by atoms with Gasteiger partial charge >= 0.3 is 5.97 Å². The molecular formula is C20H23NO3S. The van der Waals surface area contributed by atoms with Gasteiger partial charge in [-0.15, -0.1) is 11.3 Å². The summed E-state index contributed by atoms with van der Waals surface area (Å²) in [5.74, 6) is -0.0783. The number of ether oxygens (including phenoxy) is 1. The van der Waals surface area contributed by atoms with E-state index >= 15 is 0 Å². The van der Waals surface area contributed by atoms with Gasteiger partial charge in [-0.1, -0.05) is 13.0 Å². The van der Waals surface area contributed by atoms with Gasteiger partial charge in [-0.2, -0.15) is 0 Å². The van der Waals surface area contributed by atoms with Gasteiger partial charge in [0.15, 0.2) is 6.61 Å². The summed E-state index contributed by atoms with van der Waals surface area (Å²) in [6.07, 6.45) is 3.22. The van der Waals surface area contributed by atoms with Crippen LogP contribution < -0.4 is 5.32 Å². The first kappa shape index (κ1) is 17.7.